The molecule has 0 aromatic heterocycles. The summed E-state index contributed by atoms with van der Waals surface area (Å²) in [5.41, 5.74) is 6.75. The fourth-order valence-electron chi connectivity index (χ4n) is 3.46. The maximum absolute atomic E-state index is 13.1. The Morgan fingerprint density at radius 3 is 2.48 bits per heavy atom. The number of benzene rings is 2. The van der Waals surface area contributed by atoms with Crippen molar-refractivity contribution in [2.75, 3.05) is 19.5 Å². The lowest BCUT2D eigenvalue weighted by Gasteiger charge is -2.33. The largest absolute Gasteiger partial charge is 0.772 e. The highest BCUT2D eigenvalue weighted by atomic mass is 32.2. The Bertz CT molecular complexity index is 993. The summed E-state index contributed by atoms with van der Waals surface area (Å²) < 4.78 is 34.5. The van der Waals surface area contributed by atoms with Crippen LogP contribution in [0.1, 0.15) is 46.2 Å². The second kappa shape index (κ2) is 8.22. The summed E-state index contributed by atoms with van der Waals surface area (Å²) in [6, 6.07) is 8.35. The Labute approximate surface area is 170 Å². The van der Waals surface area contributed by atoms with Crippen LogP contribution in [-0.4, -0.2) is 44.4 Å². The van der Waals surface area contributed by atoms with Gasteiger partial charge in [-0.05, 0) is 54.8 Å². The van der Waals surface area contributed by atoms with Crippen molar-refractivity contribution in [3.63, 3.8) is 0 Å². The van der Waals surface area contributed by atoms with E-state index in [9.17, 15) is 18.4 Å². The molecule has 2 aromatic carbocycles. The van der Waals surface area contributed by atoms with E-state index < -0.39 is 34.2 Å². The minimum atomic E-state index is -2.55. The lowest BCUT2D eigenvalue weighted by Crippen LogP contribution is -2.41. The molecule has 1 aliphatic heterocycles. The molecule has 0 aliphatic carbocycles. The van der Waals surface area contributed by atoms with Crippen LogP contribution in [0.25, 0.3) is 0 Å². The lowest BCUT2D eigenvalue weighted by molar-refractivity contribution is 0.0580. The Balaban J connectivity index is 2.14. The van der Waals surface area contributed by atoms with Crippen LogP contribution >= 0.6 is 0 Å². The van der Waals surface area contributed by atoms with Crippen molar-refractivity contribution in [3.05, 3.63) is 53.1 Å². The molecule has 8 nitrogen and oxygen atoms in total. The molecule has 0 saturated carbocycles. The Morgan fingerprint density at radius 2 is 1.90 bits per heavy atom. The Hall–Kier alpha value is -2.91. The molecule has 154 valence electrons. The van der Waals surface area contributed by atoms with Gasteiger partial charge in [-0.15, -0.1) is 0 Å². The van der Waals surface area contributed by atoms with E-state index in [2.05, 4.69) is 0 Å². The molecule has 2 aromatic rings. The van der Waals surface area contributed by atoms with Crippen LogP contribution in [0.2, 0.25) is 0 Å². The first kappa shape index (κ1) is 20.8. The highest BCUT2D eigenvalue weighted by molar-refractivity contribution is 7.79. The summed E-state index contributed by atoms with van der Waals surface area (Å²) in [5, 5.41) is -1.07. The molecule has 2 N–H and O–H groups in total. The van der Waals surface area contributed by atoms with Gasteiger partial charge in [0.05, 0.1) is 30.9 Å². The van der Waals surface area contributed by atoms with Gasteiger partial charge in [-0.25, -0.2) is 0 Å². The molecule has 0 fully saturated rings. The van der Waals surface area contributed by atoms with E-state index in [-0.39, 0.29) is 16.8 Å². The second-order valence-electron chi connectivity index (χ2n) is 6.50. The number of amides is 2. The number of methoxy groups -OCH3 is 1. The highest BCUT2D eigenvalue weighted by Gasteiger charge is 2.44. The predicted octanol–water partition coefficient (Wildman–Crippen LogP) is 2.28. The molecule has 29 heavy (non-hydrogen) atoms. The van der Waals surface area contributed by atoms with Gasteiger partial charge in [0, 0.05) is 10.9 Å². The number of ether oxygens (including phenoxy) is 2. The van der Waals surface area contributed by atoms with Gasteiger partial charge in [0.15, 0.2) is 11.5 Å². The van der Waals surface area contributed by atoms with Gasteiger partial charge in [0.2, 0.25) is 0 Å². The summed E-state index contributed by atoms with van der Waals surface area (Å²) >= 11 is -2.55. The van der Waals surface area contributed by atoms with Crippen molar-refractivity contribution in [2.45, 2.75) is 25.1 Å². The number of hydrogen-bond acceptors (Lipinski definition) is 7. The fourth-order valence-corrected chi connectivity index (χ4v) is 3.95. The van der Waals surface area contributed by atoms with Gasteiger partial charge >= 0.3 is 0 Å². The third-order valence-corrected chi connectivity index (χ3v) is 5.70. The zero-order valence-electron chi connectivity index (χ0n) is 16.2. The fraction of sp³-hybridized carbons (Fsp3) is 0.300. The monoisotopic (exact) mass is 417 g/mol. The van der Waals surface area contributed by atoms with E-state index in [1.165, 1.54) is 26.2 Å². The van der Waals surface area contributed by atoms with E-state index in [4.69, 9.17) is 15.2 Å². The number of imide groups is 1. The van der Waals surface area contributed by atoms with Crippen molar-refractivity contribution in [3.8, 4) is 11.5 Å². The maximum atomic E-state index is 13.1. The molecule has 1 aliphatic rings. The first-order valence-corrected chi connectivity index (χ1v) is 10.1. The van der Waals surface area contributed by atoms with Crippen molar-refractivity contribution in [1.82, 2.24) is 4.90 Å². The van der Waals surface area contributed by atoms with E-state index >= 15 is 0 Å². The third-order valence-electron chi connectivity index (χ3n) is 4.83. The maximum Gasteiger partial charge on any atom is 0.264 e. The number of nitrogen functional groups attached to an aromatic ring is 1. The number of carbonyl (C=O) groups excluding carboxylic acids is 2. The zero-order chi connectivity index (χ0) is 21.3. The zero-order valence-corrected chi connectivity index (χ0v) is 17.0. The smallest absolute Gasteiger partial charge is 0.264 e. The summed E-state index contributed by atoms with van der Waals surface area (Å²) in [7, 11) is 1.48. The topological polar surface area (TPSA) is 122 Å². The molecule has 9 heteroatoms. The summed E-state index contributed by atoms with van der Waals surface area (Å²) in [5.74, 6) is -0.373. The summed E-state index contributed by atoms with van der Waals surface area (Å²) in [4.78, 5) is 27.1. The van der Waals surface area contributed by atoms with E-state index in [0.717, 1.165) is 4.90 Å². The minimum Gasteiger partial charge on any atom is -0.772 e. The average molecular weight is 417 g/mol. The van der Waals surface area contributed by atoms with Crippen LogP contribution in [0, 0.1) is 0 Å². The molecule has 3 unspecified atom stereocenters. The number of nitrogens with two attached hydrogens (primary N) is 1. The number of anilines is 1. The molecule has 0 spiro atoms. The van der Waals surface area contributed by atoms with Gasteiger partial charge in [-0.3, -0.25) is 18.7 Å². The van der Waals surface area contributed by atoms with Gasteiger partial charge in [0.1, 0.15) is 0 Å². The van der Waals surface area contributed by atoms with Crippen LogP contribution < -0.4 is 15.2 Å². The number of hydrogen-bond donors (Lipinski definition) is 1. The van der Waals surface area contributed by atoms with E-state index in [0.29, 0.717) is 23.7 Å². The lowest BCUT2D eigenvalue weighted by atomic mass is 10.0. The highest BCUT2D eigenvalue weighted by Crippen LogP contribution is 2.39. The molecular formula is C20H21N2O6S-. The first-order valence-electron chi connectivity index (χ1n) is 8.97. The van der Waals surface area contributed by atoms with Crippen molar-refractivity contribution in [1.29, 1.82) is 0 Å². The van der Waals surface area contributed by atoms with Gasteiger partial charge in [0.25, 0.3) is 11.8 Å². The quantitative estimate of drug-likeness (QED) is 0.416. The second-order valence-corrected chi connectivity index (χ2v) is 7.77. The standard InChI is InChI=1S/C20H22N2O6S/c1-4-28-16-10-12(8-9-15(16)27-3)18(11(2)29(25)26)22-19(23)13-6-5-7-14(21)17(13)20(22)24/h5-11,18H,4,21H2,1-3H3,(H,25,26)/p-1. The van der Waals surface area contributed by atoms with Crippen molar-refractivity contribution < 1.29 is 27.8 Å². The molecule has 0 radical (unpaired) electrons. The summed E-state index contributed by atoms with van der Waals surface area (Å²) in [6.45, 7) is 3.59. The normalized spacial score (nSPS) is 16.3. The van der Waals surface area contributed by atoms with Gasteiger partial charge in [-0.1, -0.05) is 12.1 Å². The molecule has 0 saturated heterocycles. The third kappa shape index (κ3) is 3.58. The Morgan fingerprint density at radius 1 is 1.17 bits per heavy atom. The van der Waals surface area contributed by atoms with Crippen molar-refractivity contribution >= 4 is 28.6 Å². The summed E-state index contributed by atoms with van der Waals surface area (Å²) in [6.07, 6.45) is 0. The predicted molar refractivity (Wildman–Crippen MR) is 107 cm³/mol. The molecular weight excluding hydrogens is 396 g/mol. The molecule has 3 rings (SSSR count). The number of carbonyl (C=O) groups is 2. The number of nitrogens with zero attached hydrogens (tertiary/aromatic N) is 1. The van der Waals surface area contributed by atoms with E-state index in [1.807, 2.05) is 0 Å². The molecule has 2 amide bonds. The number of rotatable bonds is 7. The van der Waals surface area contributed by atoms with Crippen LogP contribution in [0.3, 0.4) is 0 Å². The molecule has 1 heterocycles. The minimum absolute atomic E-state index is 0.0879. The van der Waals surface area contributed by atoms with Gasteiger partial charge in [-0.2, -0.15) is 0 Å². The van der Waals surface area contributed by atoms with E-state index in [1.54, 1.807) is 31.2 Å². The first-order chi connectivity index (χ1) is 13.8. The van der Waals surface area contributed by atoms with Crippen LogP contribution in [-0.2, 0) is 11.1 Å². The van der Waals surface area contributed by atoms with Crippen LogP contribution in [0.5, 0.6) is 11.5 Å². The van der Waals surface area contributed by atoms with Crippen LogP contribution in [0.15, 0.2) is 36.4 Å². The van der Waals surface area contributed by atoms with Crippen LogP contribution in [0.4, 0.5) is 5.69 Å². The SMILES string of the molecule is CCOc1cc(C(C(C)S(=O)[O-])N2C(=O)c3cccc(N)c3C2=O)ccc1OC. The number of fused-ring (bicyclic) bond motifs is 1. The average Bonchev–Trinajstić information content (AvgIpc) is 2.94. The van der Waals surface area contributed by atoms with Crippen molar-refractivity contribution in [2.24, 2.45) is 0 Å². The van der Waals surface area contributed by atoms with Gasteiger partial charge < -0.3 is 19.8 Å². The Kier molecular flexibility index (Phi) is 5.90. The molecule has 3 atom stereocenters. The molecule has 0 bridgehead atoms.